The number of benzene rings is 1. The number of halogens is 3. The van der Waals surface area contributed by atoms with Gasteiger partial charge in [0.25, 0.3) is 5.56 Å². The molecule has 0 amide bonds. The zero-order valence-corrected chi connectivity index (χ0v) is 16.7. The summed E-state index contributed by atoms with van der Waals surface area (Å²) in [7, 11) is 0. The fourth-order valence-corrected chi connectivity index (χ4v) is 2.75. The molecule has 3 aromatic rings. The van der Waals surface area contributed by atoms with Crippen molar-refractivity contribution in [2.45, 2.75) is 33.2 Å². The van der Waals surface area contributed by atoms with Gasteiger partial charge in [-0.15, -0.1) is 0 Å². The van der Waals surface area contributed by atoms with E-state index in [1.54, 1.807) is 19.2 Å². The predicted octanol–water partition coefficient (Wildman–Crippen LogP) is 4.09. The van der Waals surface area contributed by atoms with Gasteiger partial charge >= 0.3 is 12.1 Å². The van der Waals surface area contributed by atoms with Crippen LogP contribution in [0.1, 0.15) is 34.1 Å². The monoisotopic (exact) mass is 432 g/mol. The Kier molecular flexibility index (Phi) is 6.38. The number of ether oxygens (including phenoxy) is 1. The van der Waals surface area contributed by atoms with Gasteiger partial charge in [0.2, 0.25) is 0 Å². The van der Waals surface area contributed by atoms with Gasteiger partial charge in [0, 0.05) is 18.8 Å². The third-order valence-corrected chi connectivity index (χ3v) is 4.42. The van der Waals surface area contributed by atoms with E-state index in [0.717, 1.165) is 22.4 Å². The van der Waals surface area contributed by atoms with Gasteiger partial charge in [0.05, 0.1) is 17.4 Å². The Morgan fingerprint density at radius 3 is 2.65 bits per heavy atom. The van der Waals surface area contributed by atoms with Crippen LogP contribution in [0.3, 0.4) is 0 Å². The number of carbonyl (C=O) groups excluding carboxylic acids is 1. The summed E-state index contributed by atoms with van der Waals surface area (Å²) in [6.07, 6.45) is -1.35. The number of nitrogens with zero attached hydrogens (tertiary/aromatic N) is 3. The van der Waals surface area contributed by atoms with Gasteiger partial charge < -0.3 is 10.1 Å². The zero-order valence-electron chi connectivity index (χ0n) is 16.7. The van der Waals surface area contributed by atoms with E-state index in [1.807, 2.05) is 6.92 Å². The molecule has 0 saturated heterocycles. The maximum atomic E-state index is 12.8. The van der Waals surface area contributed by atoms with Crippen molar-refractivity contribution in [3.63, 3.8) is 0 Å². The first-order valence-corrected chi connectivity index (χ1v) is 9.32. The lowest BCUT2D eigenvalue weighted by Crippen LogP contribution is -2.27. The SMILES string of the molecule is CCn1nc(C(=O)OCc2cccc(C(F)(F)F)c2)cc(Nc2cnccc2C)c1=O. The Hall–Kier alpha value is -3.69. The molecule has 3 rings (SSSR count). The van der Waals surface area contributed by atoms with E-state index in [4.69, 9.17) is 4.74 Å². The van der Waals surface area contributed by atoms with Crippen LogP contribution in [0, 0.1) is 6.92 Å². The van der Waals surface area contributed by atoms with E-state index >= 15 is 0 Å². The van der Waals surface area contributed by atoms with Gasteiger partial charge in [0.15, 0.2) is 5.69 Å². The molecular weight excluding hydrogens is 413 g/mol. The minimum atomic E-state index is -4.50. The van der Waals surface area contributed by atoms with Crippen LogP contribution in [0.4, 0.5) is 24.5 Å². The second-order valence-corrected chi connectivity index (χ2v) is 6.65. The summed E-state index contributed by atoms with van der Waals surface area (Å²) >= 11 is 0. The van der Waals surface area contributed by atoms with E-state index in [0.29, 0.717) is 5.69 Å². The number of aromatic nitrogens is 3. The van der Waals surface area contributed by atoms with E-state index in [9.17, 15) is 22.8 Å². The molecule has 2 aromatic heterocycles. The smallest absolute Gasteiger partial charge is 0.416 e. The van der Waals surface area contributed by atoms with Crippen molar-refractivity contribution in [2.24, 2.45) is 0 Å². The van der Waals surface area contributed by atoms with Crippen LogP contribution in [0.5, 0.6) is 0 Å². The number of carbonyl (C=O) groups is 1. The molecule has 1 N–H and O–H groups in total. The van der Waals surface area contributed by atoms with Crippen LogP contribution in [0.25, 0.3) is 0 Å². The summed E-state index contributed by atoms with van der Waals surface area (Å²) in [6.45, 7) is 3.34. The average Bonchev–Trinajstić information content (AvgIpc) is 2.74. The maximum Gasteiger partial charge on any atom is 0.416 e. The number of esters is 1. The molecule has 0 aliphatic carbocycles. The Balaban J connectivity index is 1.83. The number of alkyl halides is 3. The summed E-state index contributed by atoms with van der Waals surface area (Å²) in [4.78, 5) is 29.0. The number of hydrogen-bond acceptors (Lipinski definition) is 6. The van der Waals surface area contributed by atoms with E-state index in [2.05, 4.69) is 15.4 Å². The van der Waals surface area contributed by atoms with Crippen LogP contribution < -0.4 is 10.9 Å². The van der Waals surface area contributed by atoms with Gasteiger partial charge in [-0.25, -0.2) is 9.48 Å². The second-order valence-electron chi connectivity index (χ2n) is 6.65. The molecular formula is C21H19F3N4O3. The Labute approximate surface area is 175 Å². The predicted molar refractivity (Wildman–Crippen MR) is 107 cm³/mol. The second kappa shape index (κ2) is 8.99. The number of pyridine rings is 1. The van der Waals surface area contributed by atoms with Gasteiger partial charge in [-0.1, -0.05) is 12.1 Å². The van der Waals surface area contributed by atoms with Gasteiger partial charge in [0.1, 0.15) is 12.3 Å². The van der Waals surface area contributed by atoms with Gasteiger partial charge in [-0.2, -0.15) is 18.3 Å². The highest BCUT2D eigenvalue weighted by Crippen LogP contribution is 2.29. The van der Waals surface area contributed by atoms with E-state index in [1.165, 1.54) is 24.4 Å². The summed E-state index contributed by atoms with van der Waals surface area (Å²) in [5.41, 5.74) is 0.254. The molecule has 10 heteroatoms. The van der Waals surface area contributed by atoms with Crippen LogP contribution >= 0.6 is 0 Å². The van der Waals surface area contributed by atoms with Crippen molar-refractivity contribution in [2.75, 3.05) is 5.32 Å². The number of anilines is 2. The van der Waals surface area contributed by atoms with Crippen molar-refractivity contribution < 1.29 is 22.7 Å². The average molecular weight is 432 g/mol. The topological polar surface area (TPSA) is 86.1 Å². The molecule has 0 atom stereocenters. The summed E-state index contributed by atoms with van der Waals surface area (Å²) < 4.78 is 44.7. The number of aryl methyl sites for hydroxylation is 2. The fraction of sp³-hybridized carbons (Fsp3) is 0.238. The number of nitrogens with one attached hydrogen (secondary N) is 1. The Morgan fingerprint density at radius 2 is 1.97 bits per heavy atom. The molecule has 1 aromatic carbocycles. The molecule has 0 aliphatic rings. The van der Waals surface area contributed by atoms with Crippen LogP contribution in [0.2, 0.25) is 0 Å². The highest BCUT2D eigenvalue weighted by atomic mass is 19.4. The molecule has 0 saturated carbocycles. The van der Waals surface area contributed by atoms with Crippen molar-refractivity contribution in [1.29, 1.82) is 0 Å². The minimum Gasteiger partial charge on any atom is -0.456 e. The lowest BCUT2D eigenvalue weighted by Gasteiger charge is -2.12. The van der Waals surface area contributed by atoms with Crippen LogP contribution in [0.15, 0.2) is 53.6 Å². The number of hydrogen-bond donors (Lipinski definition) is 1. The lowest BCUT2D eigenvalue weighted by molar-refractivity contribution is -0.137. The maximum absolute atomic E-state index is 12.8. The highest BCUT2D eigenvalue weighted by molar-refractivity contribution is 5.88. The van der Waals surface area contributed by atoms with Crippen molar-refractivity contribution in [3.8, 4) is 0 Å². The lowest BCUT2D eigenvalue weighted by atomic mass is 10.1. The molecule has 0 bridgehead atoms. The summed E-state index contributed by atoms with van der Waals surface area (Å²) in [5, 5.41) is 6.92. The van der Waals surface area contributed by atoms with Crippen molar-refractivity contribution in [3.05, 3.63) is 81.5 Å². The van der Waals surface area contributed by atoms with Gasteiger partial charge in [-0.05, 0) is 43.2 Å². The van der Waals surface area contributed by atoms with Crippen molar-refractivity contribution >= 4 is 17.3 Å². The first-order chi connectivity index (χ1) is 14.7. The molecule has 0 fully saturated rings. The standard InChI is InChI=1S/C21H19F3N4O3/c1-3-28-19(29)16(26-18-11-25-8-7-13(18)2)10-17(27-28)20(30)31-12-14-5-4-6-15(9-14)21(22,23)24/h4-11,26H,3,12H2,1-2H3. The highest BCUT2D eigenvalue weighted by Gasteiger charge is 2.30. The fourth-order valence-electron chi connectivity index (χ4n) is 2.75. The van der Waals surface area contributed by atoms with E-state index in [-0.39, 0.29) is 30.1 Å². The zero-order chi connectivity index (χ0) is 22.6. The first kappa shape index (κ1) is 22.0. The number of rotatable bonds is 6. The molecule has 0 aliphatic heterocycles. The molecule has 162 valence electrons. The Morgan fingerprint density at radius 1 is 1.19 bits per heavy atom. The Bertz CT molecular complexity index is 1160. The molecule has 0 spiro atoms. The molecule has 7 nitrogen and oxygen atoms in total. The van der Waals surface area contributed by atoms with Crippen LogP contribution in [-0.2, 0) is 24.1 Å². The minimum absolute atomic E-state index is 0.0963. The first-order valence-electron chi connectivity index (χ1n) is 9.32. The van der Waals surface area contributed by atoms with Crippen LogP contribution in [-0.4, -0.2) is 20.7 Å². The largest absolute Gasteiger partial charge is 0.456 e. The third kappa shape index (κ3) is 5.27. The summed E-state index contributed by atoms with van der Waals surface area (Å²) in [5.74, 6) is -0.870. The normalized spacial score (nSPS) is 11.3. The molecule has 2 heterocycles. The van der Waals surface area contributed by atoms with E-state index < -0.39 is 23.3 Å². The summed E-state index contributed by atoms with van der Waals surface area (Å²) in [6, 6.07) is 7.50. The molecule has 31 heavy (non-hydrogen) atoms. The quantitative estimate of drug-likeness (QED) is 0.591. The third-order valence-electron chi connectivity index (χ3n) is 4.42. The van der Waals surface area contributed by atoms with Crippen molar-refractivity contribution in [1.82, 2.24) is 14.8 Å². The molecule has 0 unspecified atom stereocenters. The molecule has 0 radical (unpaired) electrons. The van der Waals surface area contributed by atoms with Gasteiger partial charge in [-0.3, -0.25) is 9.78 Å².